The van der Waals surface area contributed by atoms with E-state index in [1.165, 1.54) is 12.5 Å². The Bertz CT molecular complexity index is 815. The van der Waals surface area contributed by atoms with Crippen LogP contribution in [-0.2, 0) is 17.8 Å². The Labute approximate surface area is 188 Å². The third-order valence-electron chi connectivity index (χ3n) is 3.85. The first-order valence-electron chi connectivity index (χ1n) is 8.65. The van der Waals surface area contributed by atoms with Gasteiger partial charge in [0.2, 0.25) is 5.91 Å². The van der Waals surface area contributed by atoms with E-state index in [4.69, 9.17) is 16.3 Å². The third kappa shape index (κ3) is 7.93. The molecule has 0 spiro atoms. The highest BCUT2D eigenvalue weighted by atomic mass is 127. The minimum atomic E-state index is -0.142. The molecule has 6 nitrogen and oxygen atoms in total. The molecule has 2 aromatic carbocycles. The van der Waals surface area contributed by atoms with Crippen LogP contribution in [0.3, 0.4) is 0 Å². The second-order valence-corrected chi connectivity index (χ2v) is 6.38. The number of aliphatic imine (C=N–C) groups is 1. The molecule has 2 rings (SSSR count). The summed E-state index contributed by atoms with van der Waals surface area (Å²) in [5.41, 5.74) is 2.81. The average molecular weight is 517 g/mol. The molecule has 2 aromatic rings. The van der Waals surface area contributed by atoms with E-state index in [9.17, 15) is 4.79 Å². The van der Waals surface area contributed by atoms with Crippen molar-refractivity contribution in [2.45, 2.75) is 19.9 Å². The Kier molecular flexibility index (Phi) is 10.7. The maximum Gasteiger partial charge on any atom is 0.221 e. The van der Waals surface area contributed by atoms with Crippen molar-refractivity contribution in [2.75, 3.05) is 26.0 Å². The predicted molar refractivity (Wildman–Crippen MR) is 126 cm³/mol. The number of hydrogen-bond donors (Lipinski definition) is 3. The number of carbonyl (C=O) groups excluding carboxylic acids is 1. The highest BCUT2D eigenvalue weighted by Crippen LogP contribution is 2.25. The lowest BCUT2D eigenvalue weighted by Gasteiger charge is -2.14. The number of halogens is 2. The van der Waals surface area contributed by atoms with Crippen molar-refractivity contribution >= 4 is 53.1 Å². The number of nitrogens with one attached hydrogen (secondary N) is 3. The van der Waals surface area contributed by atoms with Gasteiger partial charge in [0, 0.05) is 32.1 Å². The van der Waals surface area contributed by atoms with E-state index >= 15 is 0 Å². The van der Waals surface area contributed by atoms with Crippen molar-refractivity contribution in [1.29, 1.82) is 0 Å². The lowest BCUT2D eigenvalue weighted by atomic mass is 10.1. The number of hydrogen-bond acceptors (Lipinski definition) is 3. The van der Waals surface area contributed by atoms with Gasteiger partial charge in [-0.15, -0.1) is 24.0 Å². The summed E-state index contributed by atoms with van der Waals surface area (Å²) in [5.74, 6) is 1.18. The van der Waals surface area contributed by atoms with E-state index < -0.39 is 0 Å². The van der Waals surface area contributed by atoms with E-state index in [2.05, 4.69) is 20.9 Å². The molecule has 152 valence electrons. The molecular formula is C20H26ClIN4O2. The minimum Gasteiger partial charge on any atom is -0.495 e. The molecule has 1 amide bonds. The predicted octanol–water partition coefficient (Wildman–Crippen LogP) is 3.83. The van der Waals surface area contributed by atoms with Gasteiger partial charge >= 0.3 is 0 Å². The van der Waals surface area contributed by atoms with Crippen LogP contribution >= 0.6 is 35.6 Å². The zero-order valence-electron chi connectivity index (χ0n) is 16.2. The van der Waals surface area contributed by atoms with Crippen LogP contribution in [0.15, 0.2) is 47.5 Å². The first-order valence-corrected chi connectivity index (χ1v) is 9.03. The molecule has 0 aromatic heterocycles. The molecule has 0 saturated carbocycles. The largest absolute Gasteiger partial charge is 0.495 e. The van der Waals surface area contributed by atoms with Gasteiger partial charge in [0.15, 0.2) is 5.96 Å². The number of guanidine groups is 1. The molecule has 0 aliphatic heterocycles. The molecule has 0 atom stereocenters. The normalized spacial score (nSPS) is 10.6. The Morgan fingerprint density at radius 3 is 2.57 bits per heavy atom. The van der Waals surface area contributed by atoms with Crippen LogP contribution in [0, 0.1) is 0 Å². The standard InChI is InChI=1S/C20H25ClN4O2.HI/c1-14(26)25-18-12-16(7-8-19(18)27-3)13-24-20(22-2)23-10-9-15-5-4-6-17(21)11-15;/h4-8,11-12H,9-10,13H2,1-3H3,(H,25,26)(H2,22,23,24);1H. The van der Waals surface area contributed by atoms with Crippen LogP contribution in [0.25, 0.3) is 0 Å². The first kappa shape index (κ1) is 24.0. The van der Waals surface area contributed by atoms with Crippen LogP contribution in [0.2, 0.25) is 5.02 Å². The summed E-state index contributed by atoms with van der Waals surface area (Å²) in [7, 11) is 3.30. The van der Waals surface area contributed by atoms with Crippen molar-refractivity contribution in [3.8, 4) is 5.75 Å². The van der Waals surface area contributed by atoms with Gasteiger partial charge in [0.1, 0.15) is 5.75 Å². The fourth-order valence-corrected chi connectivity index (χ4v) is 2.79. The highest BCUT2D eigenvalue weighted by molar-refractivity contribution is 14.0. The van der Waals surface area contributed by atoms with E-state index in [0.717, 1.165) is 23.6 Å². The number of ether oxygens (including phenoxy) is 1. The van der Waals surface area contributed by atoms with E-state index in [-0.39, 0.29) is 29.9 Å². The number of benzene rings is 2. The van der Waals surface area contributed by atoms with E-state index in [1.807, 2.05) is 42.5 Å². The topological polar surface area (TPSA) is 74.8 Å². The van der Waals surface area contributed by atoms with Gasteiger partial charge in [0.05, 0.1) is 12.8 Å². The summed E-state index contributed by atoms with van der Waals surface area (Å²) in [6.07, 6.45) is 0.844. The van der Waals surface area contributed by atoms with Gasteiger partial charge in [-0.05, 0) is 41.8 Å². The van der Waals surface area contributed by atoms with Gasteiger partial charge in [-0.1, -0.05) is 29.8 Å². The Balaban J connectivity index is 0.00000392. The molecular weight excluding hydrogens is 491 g/mol. The first-order chi connectivity index (χ1) is 13.0. The fourth-order valence-electron chi connectivity index (χ4n) is 2.58. The second-order valence-electron chi connectivity index (χ2n) is 5.95. The van der Waals surface area contributed by atoms with Crippen molar-refractivity contribution < 1.29 is 9.53 Å². The Morgan fingerprint density at radius 2 is 1.93 bits per heavy atom. The van der Waals surface area contributed by atoms with E-state index in [0.29, 0.717) is 23.9 Å². The molecule has 0 aliphatic carbocycles. The molecule has 8 heteroatoms. The molecule has 28 heavy (non-hydrogen) atoms. The maximum absolute atomic E-state index is 11.3. The summed E-state index contributed by atoms with van der Waals surface area (Å²) >= 11 is 6.01. The molecule has 0 fully saturated rings. The van der Waals surface area contributed by atoms with Gasteiger partial charge in [0.25, 0.3) is 0 Å². The average Bonchev–Trinajstić information content (AvgIpc) is 2.64. The monoisotopic (exact) mass is 516 g/mol. The summed E-state index contributed by atoms with van der Waals surface area (Å²) < 4.78 is 5.27. The highest BCUT2D eigenvalue weighted by Gasteiger charge is 2.07. The van der Waals surface area contributed by atoms with Crippen LogP contribution < -0.4 is 20.7 Å². The van der Waals surface area contributed by atoms with E-state index in [1.54, 1.807) is 14.2 Å². The second kappa shape index (κ2) is 12.5. The van der Waals surface area contributed by atoms with Crippen LogP contribution in [0.4, 0.5) is 5.69 Å². The van der Waals surface area contributed by atoms with Crippen LogP contribution in [0.5, 0.6) is 5.75 Å². The molecule has 0 bridgehead atoms. The van der Waals surface area contributed by atoms with Crippen molar-refractivity contribution in [1.82, 2.24) is 10.6 Å². The van der Waals surface area contributed by atoms with Crippen molar-refractivity contribution in [2.24, 2.45) is 4.99 Å². The molecule has 0 unspecified atom stereocenters. The number of carbonyl (C=O) groups is 1. The lowest BCUT2D eigenvalue weighted by Crippen LogP contribution is -2.37. The van der Waals surface area contributed by atoms with Gasteiger partial charge in [-0.2, -0.15) is 0 Å². The van der Waals surface area contributed by atoms with Gasteiger partial charge in [-0.3, -0.25) is 9.79 Å². The number of rotatable bonds is 7. The number of nitrogens with zero attached hydrogens (tertiary/aromatic N) is 1. The molecule has 0 saturated heterocycles. The number of amides is 1. The fraction of sp³-hybridized carbons (Fsp3) is 0.300. The molecule has 0 heterocycles. The van der Waals surface area contributed by atoms with Crippen molar-refractivity contribution in [3.05, 3.63) is 58.6 Å². The maximum atomic E-state index is 11.3. The van der Waals surface area contributed by atoms with Crippen molar-refractivity contribution in [3.63, 3.8) is 0 Å². The smallest absolute Gasteiger partial charge is 0.221 e. The van der Waals surface area contributed by atoms with Crippen LogP contribution in [-0.4, -0.2) is 32.6 Å². The zero-order valence-corrected chi connectivity index (χ0v) is 19.3. The van der Waals surface area contributed by atoms with Gasteiger partial charge in [-0.25, -0.2) is 0 Å². The summed E-state index contributed by atoms with van der Waals surface area (Å²) in [6.45, 7) is 2.77. The number of methoxy groups -OCH3 is 1. The lowest BCUT2D eigenvalue weighted by molar-refractivity contribution is -0.114. The quantitative estimate of drug-likeness (QED) is 0.297. The summed E-state index contributed by atoms with van der Waals surface area (Å²) in [6, 6.07) is 13.5. The Hall–Kier alpha value is -2.00. The third-order valence-corrected chi connectivity index (χ3v) is 4.09. The van der Waals surface area contributed by atoms with Gasteiger partial charge < -0.3 is 20.7 Å². The Morgan fingerprint density at radius 1 is 1.14 bits per heavy atom. The summed E-state index contributed by atoms with van der Waals surface area (Å²) in [5, 5.41) is 10.1. The SMILES string of the molecule is CN=C(NCCc1cccc(Cl)c1)NCc1ccc(OC)c(NC(C)=O)c1.I. The molecule has 3 N–H and O–H groups in total. The zero-order chi connectivity index (χ0) is 19.6. The van der Waals surface area contributed by atoms with Crippen LogP contribution in [0.1, 0.15) is 18.1 Å². The summed E-state index contributed by atoms with van der Waals surface area (Å²) in [4.78, 5) is 15.6. The minimum absolute atomic E-state index is 0. The number of anilines is 1. The molecule has 0 aliphatic rings. The molecule has 0 radical (unpaired) electrons.